The molecule has 4 aliphatic rings. The van der Waals surface area contributed by atoms with E-state index in [4.69, 9.17) is 16.2 Å². The van der Waals surface area contributed by atoms with Crippen molar-refractivity contribution in [3.63, 3.8) is 0 Å². The number of ether oxygens (including phenoxy) is 1. The van der Waals surface area contributed by atoms with E-state index in [-0.39, 0.29) is 64.1 Å². The summed E-state index contributed by atoms with van der Waals surface area (Å²) in [5.41, 5.74) is 10.8. The van der Waals surface area contributed by atoms with Gasteiger partial charge in [0.15, 0.2) is 24.2 Å². The third kappa shape index (κ3) is 13.9. The molecule has 0 aromatic carbocycles. The number of fused-ring (bicyclic) bond motifs is 3. The fourth-order valence-corrected chi connectivity index (χ4v) is 8.65. The van der Waals surface area contributed by atoms with Crippen LogP contribution in [0.2, 0.25) is 0 Å². The maximum atomic E-state index is 14.2. The highest BCUT2D eigenvalue weighted by Crippen LogP contribution is 2.27. The minimum Gasteiger partial charge on any atom is -0.479 e. The summed E-state index contributed by atoms with van der Waals surface area (Å²) in [4.78, 5) is 142. The number of rotatable bonds is 10. The number of aliphatic imine (C=N–C) groups is 1. The van der Waals surface area contributed by atoms with Gasteiger partial charge in [-0.25, -0.2) is 14.4 Å². The van der Waals surface area contributed by atoms with Crippen LogP contribution in [0.25, 0.3) is 0 Å². The van der Waals surface area contributed by atoms with Crippen LogP contribution in [0, 0.1) is 0 Å². The first-order valence-electron chi connectivity index (χ1n) is 22.5. The van der Waals surface area contributed by atoms with Crippen LogP contribution in [0.4, 0.5) is 0 Å². The number of aliphatic hydroxyl groups is 6. The number of aliphatic hydroxyl groups excluding tert-OH is 6. The number of cyclic esters (lactones) is 1. The summed E-state index contributed by atoms with van der Waals surface area (Å²) in [6.45, 7) is 0.571. The molecule has 0 aliphatic carbocycles. The summed E-state index contributed by atoms with van der Waals surface area (Å²) in [5, 5.41) is 94.3. The SMILES string of the molecule is CC1CC(O)NC(C(C)O)C(=O)N2CCCC2C(=O)N2CCCC2C(=O)NC(CCCN=C(N)N)C(=O)NC(C(O)C(=O)O)C(=O)NC(CO)C(=O)N2CCC(O)C2C(=O)NC(C(O)C(=O)O)C(=O)O1. The smallest absolute Gasteiger partial charge is 0.335 e. The van der Waals surface area contributed by atoms with Gasteiger partial charge in [-0.2, -0.15) is 0 Å². The number of amides is 7. The summed E-state index contributed by atoms with van der Waals surface area (Å²) in [6, 6.07) is -14.7. The predicted molar refractivity (Wildman–Crippen MR) is 232 cm³/mol. The molecule has 30 nitrogen and oxygen atoms in total. The molecule has 70 heavy (non-hydrogen) atoms. The second-order valence-electron chi connectivity index (χ2n) is 17.4. The number of hydrogen-bond donors (Lipinski definition) is 15. The number of nitrogens with two attached hydrogens (primary N) is 2. The number of carboxylic acids is 2. The van der Waals surface area contributed by atoms with Crippen LogP contribution in [-0.4, -0.2) is 239 Å². The van der Waals surface area contributed by atoms with Crippen molar-refractivity contribution >= 4 is 65.2 Å². The number of guanidine groups is 1. The molecule has 0 aromatic heterocycles. The number of carboxylic acid groups (broad SMARTS) is 2. The molecule has 0 aromatic rings. The standard InChI is InChI=1S/C40H63N11O19/c1-16-14-23(55)46-24(17(2)53)36(64)50-12-5-8-21(50)35(63)49-11-4-7-20(49)31(59)44-18(6-3-10-43-40(41)42)30(58)47-25(28(56)37(65)66)32(60)45-19(15-52)34(62)51-13-9-22(54)27(51)33(61)48-26(39(69)70-16)29(57)38(67)68/h16-29,46,52-57H,3-15H2,1-2H3,(H,44,59)(H,45,60)(H,47,58)(H,48,61)(H,65,66)(H,67,68)(H4,41,42,43). The molecule has 17 N–H and O–H groups in total. The van der Waals surface area contributed by atoms with Crippen LogP contribution in [0.15, 0.2) is 4.99 Å². The van der Waals surface area contributed by atoms with Crippen molar-refractivity contribution in [3.8, 4) is 0 Å². The van der Waals surface area contributed by atoms with E-state index in [1.807, 2.05) is 16.0 Å². The fourth-order valence-electron chi connectivity index (χ4n) is 8.65. The van der Waals surface area contributed by atoms with E-state index in [0.717, 1.165) is 4.90 Å². The Morgan fingerprint density at radius 2 is 1.29 bits per heavy atom. The highest BCUT2D eigenvalue weighted by molar-refractivity contribution is 6.00. The normalized spacial score (nSPS) is 31.8. The van der Waals surface area contributed by atoms with Gasteiger partial charge in [-0.1, -0.05) is 0 Å². The third-order valence-corrected chi connectivity index (χ3v) is 12.2. The second kappa shape index (κ2) is 25.0. The van der Waals surface area contributed by atoms with E-state index in [1.165, 1.54) is 18.7 Å². The van der Waals surface area contributed by atoms with Crippen molar-refractivity contribution in [2.75, 3.05) is 32.8 Å². The monoisotopic (exact) mass is 1000 g/mol. The van der Waals surface area contributed by atoms with Gasteiger partial charge in [-0.15, -0.1) is 0 Å². The van der Waals surface area contributed by atoms with E-state index in [0.29, 0.717) is 11.3 Å². The van der Waals surface area contributed by atoms with Gasteiger partial charge in [0.2, 0.25) is 41.4 Å². The van der Waals surface area contributed by atoms with Crippen LogP contribution >= 0.6 is 0 Å². The Hall–Kier alpha value is -6.31. The first-order valence-corrected chi connectivity index (χ1v) is 22.5. The van der Waals surface area contributed by atoms with E-state index >= 15 is 0 Å². The van der Waals surface area contributed by atoms with Gasteiger partial charge in [0.05, 0.1) is 18.8 Å². The molecule has 7 amide bonds. The van der Waals surface area contributed by atoms with Gasteiger partial charge in [0, 0.05) is 32.6 Å². The third-order valence-electron chi connectivity index (χ3n) is 12.2. The molecule has 0 saturated carbocycles. The van der Waals surface area contributed by atoms with Crippen molar-refractivity contribution in [2.45, 2.75) is 150 Å². The lowest BCUT2D eigenvalue weighted by Gasteiger charge is -2.34. The molecule has 4 aliphatic heterocycles. The molecule has 0 radical (unpaired) electrons. The van der Waals surface area contributed by atoms with Crippen LogP contribution in [-0.2, 0) is 52.7 Å². The van der Waals surface area contributed by atoms with Crippen molar-refractivity contribution in [2.24, 2.45) is 16.5 Å². The summed E-state index contributed by atoms with van der Waals surface area (Å²) in [5.74, 6) is -14.1. The lowest BCUT2D eigenvalue weighted by Crippen LogP contribution is -2.64. The number of nitrogens with one attached hydrogen (secondary N) is 5. The first-order chi connectivity index (χ1) is 32.9. The number of carbonyl (C=O) groups is 10. The summed E-state index contributed by atoms with van der Waals surface area (Å²) >= 11 is 0. The zero-order valence-corrected chi connectivity index (χ0v) is 38.3. The van der Waals surface area contributed by atoms with Crippen molar-refractivity contribution < 1.29 is 93.5 Å². The van der Waals surface area contributed by atoms with Crippen molar-refractivity contribution in [1.29, 1.82) is 0 Å². The summed E-state index contributed by atoms with van der Waals surface area (Å²) in [7, 11) is 0. The number of carbonyl (C=O) groups excluding carboxylic acids is 8. The lowest BCUT2D eigenvalue weighted by molar-refractivity contribution is -0.165. The molecule has 4 saturated heterocycles. The first kappa shape index (κ1) is 56.3. The van der Waals surface area contributed by atoms with E-state index in [1.54, 1.807) is 0 Å². The largest absolute Gasteiger partial charge is 0.479 e. The number of hydrogen-bond acceptors (Lipinski definition) is 19. The van der Waals surface area contributed by atoms with Gasteiger partial charge in [-0.3, -0.25) is 43.9 Å². The molecule has 0 bridgehead atoms. The zero-order chi connectivity index (χ0) is 52.3. The molecular weight excluding hydrogens is 938 g/mol. The molecule has 0 spiro atoms. The Bertz CT molecular complexity index is 2010. The second-order valence-corrected chi connectivity index (χ2v) is 17.4. The lowest BCUT2D eigenvalue weighted by atomic mass is 10.0. The minimum absolute atomic E-state index is 0.00576. The quantitative estimate of drug-likeness (QED) is 0.0418. The maximum absolute atomic E-state index is 14.2. The molecule has 4 rings (SSSR count). The van der Waals surface area contributed by atoms with Gasteiger partial charge >= 0.3 is 17.9 Å². The molecule has 4 heterocycles. The number of esters is 1. The molecule has 14 atom stereocenters. The van der Waals surface area contributed by atoms with Crippen LogP contribution < -0.4 is 38.1 Å². The zero-order valence-electron chi connectivity index (χ0n) is 38.3. The maximum Gasteiger partial charge on any atom is 0.335 e. The summed E-state index contributed by atoms with van der Waals surface area (Å²) in [6.07, 6.45) is -12.4. The van der Waals surface area contributed by atoms with Crippen LogP contribution in [0.3, 0.4) is 0 Å². The van der Waals surface area contributed by atoms with Gasteiger partial charge in [0.1, 0.15) is 54.6 Å². The number of nitrogens with zero attached hydrogens (tertiary/aromatic N) is 4. The Balaban J connectivity index is 1.77. The number of aliphatic carboxylic acids is 2. The highest BCUT2D eigenvalue weighted by Gasteiger charge is 2.48. The molecular formula is C40H63N11O19. The van der Waals surface area contributed by atoms with Crippen LogP contribution in [0.1, 0.15) is 65.2 Å². The van der Waals surface area contributed by atoms with Crippen molar-refractivity contribution in [3.05, 3.63) is 0 Å². The Morgan fingerprint density at radius 1 is 0.714 bits per heavy atom. The topological polar surface area (TPSA) is 476 Å². The molecule has 392 valence electrons. The van der Waals surface area contributed by atoms with Crippen molar-refractivity contribution in [1.82, 2.24) is 41.3 Å². The minimum atomic E-state index is -2.75. The molecule has 30 heteroatoms. The van der Waals surface area contributed by atoms with E-state index in [2.05, 4.69) is 15.6 Å². The van der Waals surface area contributed by atoms with Crippen LogP contribution in [0.5, 0.6) is 0 Å². The Morgan fingerprint density at radius 3 is 1.87 bits per heavy atom. The Kier molecular flexibility index (Phi) is 20.1. The fraction of sp³-hybridized carbons (Fsp3) is 0.725. The molecule has 14 unspecified atom stereocenters. The molecule has 4 fully saturated rings. The van der Waals surface area contributed by atoms with Gasteiger partial charge < -0.3 is 93.0 Å². The average molecular weight is 1000 g/mol. The van der Waals surface area contributed by atoms with Gasteiger partial charge in [-0.05, 0) is 58.8 Å². The predicted octanol–water partition coefficient (Wildman–Crippen LogP) is -9.20. The average Bonchev–Trinajstić information content (AvgIpc) is 4.08. The Labute approximate surface area is 399 Å². The highest BCUT2D eigenvalue weighted by atomic mass is 16.5. The van der Waals surface area contributed by atoms with Gasteiger partial charge in [0.25, 0.3) is 0 Å². The summed E-state index contributed by atoms with van der Waals surface area (Å²) < 4.78 is 5.24. The van der Waals surface area contributed by atoms with E-state index < -0.39 is 164 Å². The van der Waals surface area contributed by atoms with E-state index in [9.17, 15) is 88.8 Å².